The van der Waals surface area contributed by atoms with E-state index in [1.807, 2.05) is 18.2 Å². The Morgan fingerprint density at radius 1 is 1.04 bits per heavy atom. The molecule has 1 aromatic carbocycles. The van der Waals surface area contributed by atoms with Crippen LogP contribution in [0.25, 0.3) is 16.6 Å². The number of benzene rings is 1. The van der Waals surface area contributed by atoms with Crippen molar-refractivity contribution in [2.24, 2.45) is 0 Å². The zero-order valence-electron chi connectivity index (χ0n) is 12.8. The Hall–Kier alpha value is -3.16. The number of carbonyl (C=O) groups excluding carboxylic acids is 2. The van der Waals surface area contributed by atoms with Gasteiger partial charge in [0.15, 0.2) is 11.5 Å². The zero-order valence-corrected chi connectivity index (χ0v) is 12.8. The fraction of sp³-hybridized carbons (Fsp3) is 0.200. The summed E-state index contributed by atoms with van der Waals surface area (Å²) in [5.74, 6) is -0.980. The van der Waals surface area contributed by atoms with Gasteiger partial charge in [-0.1, -0.05) is 12.1 Å². The summed E-state index contributed by atoms with van der Waals surface area (Å²) in [6.07, 6.45) is 0. The zero-order chi connectivity index (χ0) is 16.6. The van der Waals surface area contributed by atoms with Crippen LogP contribution in [-0.4, -0.2) is 43.2 Å². The van der Waals surface area contributed by atoms with Gasteiger partial charge in [-0.25, -0.2) is 19.6 Å². The molecule has 8 heteroatoms. The summed E-state index contributed by atoms with van der Waals surface area (Å²) in [6.45, 7) is 0. The Kier molecular flexibility index (Phi) is 3.57. The van der Waals surface area contributed by atoms with Crippen molar-refractivity contribution in [3.05, 3.63) is 35.7 Å². The standard InChI is InChI=1S/C15H14N4O4/c1-19-13-11(16-8-6-4-5-7-9(8)17-13)10(14(20)22-2)12(18-19)15(21)23-3/h4-7,18H,1-3H3. The number of anilines is 1. The second-order valence-corrected chi connectivity index (χ2v) is 4.79. The van der Waals surface area contributed by atoms with Gasteiger partial charge in [0.2, 0.25) is 0 Å². The molecule has 2 aromatic rings. The van der Waals surface area contributed by atoms with Gasteiger partial charge in [0.05, 0.1) is 25.3 Å². The average molecular weight is 314 g/mol. The first-order chi connectivity index (χ1) is 11.1. The van der Waals surface area contributed by atoms with Gasteiger partial charge in [-0.2, -0.15) is 0 Å². The summed E-state index contributed by atoms with van der Waals surface area (Å²) in [4.78, 5) is 33.1. The molecule has 0 saturated carbocycles. The van der Waals surface area contributed by atoms with Crippen LogP contribution in [0.2, 0.25) is 0 Å². The van der Waals surface area contributed by atoms with Crippen molar-refractivity contribution in [2.45, 2.75) is 0 Å². The fourth-order valence-corrected chi connectivity index (χ4v) is 2.34. The van der Waals surface area contributed by atoms with Gasteiger partial charge in [0, 0.05) is 7.05 Å². The minimum atomic E-state index is -0.697. The summed E-state index contributed by atoms with van der Waals surface area (Å²) >= 11 is 0. The van der Waals surface area contributed by atoms with Crippen molar-refractivity contribution in [1.29, 1.82) is 0 Å². The van der Waals surface area contributed by atoms with E-state index in [1.165, 1.54) is 19.2 Å². The van der Waals surface area contributed by atoms with E-state index in [2.05, 4.69) is 15.4 Å². The summed E-state index contributed by atoms with van der Waals surface area (Å²) in [6, 6.07) is 7.25. The molecule has 2 heterocycles. The van der Waals surface area contributed by atoms with Crippen molar-refractivity contribution in [3.63, 3.8) is 0 Å². The molecule has 0 aliphatic carbocycles. The number of para-hydroxylation sites is 2. The first-order valence-electron chi connectivity index (χ1n) is 6.75. The van der Waals surface area contributed by atoms with Gasteiger partial charge in [0.25, 0.3) is 0 Å². The minimum Gasteiger partial charge on any atom is -0.465 e. The third-order valence-corrected chi connectivity index (χ3v) is 3.42. The van der Waals surface area contributed by atoms with Crippen LogP contribution >= 0.6 is 0 Å². The van der Waals surface area contributed by atoms with E-state index in [1.54, 1.807) is 13.1 Å². The van der Waals surface area contributed by atoms with E-state index in [0.29, 0.717) is 16.9 Å². The van der Waals surface area contributed by atoms with E-state index >= 15 is 0 Å². The largest absolute Gasteiger partial charge is 0.465 e. The predicted octanol–water partition coefficient (Wildman–Crippen LogP) is 0.641. The Labute approximate surface area is 131 Å². The molecule has 0 spiro atoms. The topological polar surface area (TPSA) is 93.7 Å². The molecule has 1 aliphatic heterocycles. The Morgan fingerprint density at radius 2 is 1.65 bits per heavy atom. The maximum atomic E-state index is 12.2. The van der Waals surface area contributed by atoms with E-state index < -0.39 is 11.9 Å². The van der Waals surface area contributed by atoms with Gasteiger partial charge in [-0.05, 0) is 12.1 Å². The van der Waals surface area contributed by atoms with Crippen LogP contribution < -0.4 is 10.4 Å². The molecule has 23 heavy (non-hydrogen) atoms. The quantitative estimate of drug-likeness (QED) is 0.807. The summed E-state index contributed by atoms with van der Waals surface area (Å²) in [5, 5.41) is 1.51. The monoisotopic (exact) mass is 314 g/mol. The number of hydrogen-bond acceptors (Lipinski definition) is 8. The molecule has 8 nitrogen and oxygen atoms in total. The lowest BCUT2D eigenvalue weighted by Gasteiger charge is -2.29. The maximum absolute atomic E-state index is 12.2. The Balaban J connectivity index is 2.32. The number of ether oxygens (including phenoxy) is 2. The van der Waals surface area contributed by atoms with Gasteiger partial charge >= 0.3 is 11.9 Å². The molecular weight excluding hydrogens is 300 g/mol. The SMILES string of the molecule is COC(=O)C1=C(C(=O)OC)c2nc3ccccc3nc2N(C)N1. The van der Waals surface area contributed by atoms with Crippen LogP contribution in [0.5, 0.6) is 0 Å². The van der Waals surface area contributed by atoms with Gasteiger partial charge < -0.3 is 9.47 Å². The number of hydrogen-bond donors (Lipinski definition) is 1. The molecule has 3 rings (SSSR count). The van der Waals surface area contributed by atoms with Gasteiger partial charge in [-0.15, -0.1) is 0 Å². The lowest BCUT2D eigenvalue weighted by atomic mass is 10.1. The van der Waals surface area contributed by atoms with E-state index in [0.717, 1.165) is 0 Å². The number of aromatic nitrogens is 2. The van der Waals surface area contributed by atoms with Crippen LogP contribution in [0.15, 0.2) is 30.0 Å². The lowest BCUT2D eigenvalue weighted by Crippen LogP contribution is -2.43. The molecule has 1 N–H and O–H groups in total. The molecule has 0 saturated heterocycles. The Morgan fingerprint density at radius 3 is 2.26 bits per heavy atom. The van der Waals surface area contributed by atoms with Crippen LogP contribution in [0.3, 0.4) is 0 Å². The van der Waals surface area contributed by atoms with Gasteiger partial charge in [0.1, 0.15) is 11.3 Å². The third kappa shape index (κ3) is 2.33. The van der Waals surface area contributed by atoms with Crippen molar-refractivity contribution in [2.75, 3.05) is 26.3 Å². The van der Waals surface area contributed by atoms with E-state index in [4.69, 9.17) is 9.47 Å². The molecule has 118 valence electrons. The molecular formula is C15H14N4O4. The average Bonchev–Trinajstić information content (AvgIpc) is 2.58. The highest BCUT2D eigenvalue weighted by molar-refractivity contribution is 6.24. The van der Waals surface area contributed by atoms with Crippen molar-refractivity contribution < 1.29 is 19.1 Å². The second kappa shape index (κ2) is 5.56. The molecule has 0 unspecified atom stereocenters. The third-order valence-electron chi connectivity index (χ3n) is 3.42. The number of carbonyl (C=O) groups is 2. The van der Waals surface area contributed by atoms with E-state index in [-0.39, 0.29) is 17.0 Å². The molecule has 1 aromatic heterocycles. The van der Waals surface area contributed by atoms with Crippen LogP contribution in [0.4, 0.5) is 5.82 Å². The molecule has 0 amide bonds. The highest BCUT2D eigenvalue weighted by atomic mass is 16.5. The fourth-order valence-electron chi connectivity index (χ4n) is 2.34. The van der Waals surface area contributed by atoms with Crippen molar-refractivity contribution in [1.82, 2.24) is 15.4 Å². The minimum absolute atomic E-state index is 0.00861. The lowest BCUT2D eigenvalue weighted by molar-refractivity contribution is -0.138. The van der Waals surface area contributed by atoms with Crippen LogP contribution in [0.1, 0.15) is 5.69 Å². The van der Waals surface area contributed by atoms with Crippen molar-refractivity contribution >= 4 is 34.4 Å². The number of hydrazine groups is 1. The molecule has 0 atom stereocenters. The first kappa shape index (κ1) is 14.8. The number of methoxy groups -OCH3 is 2. The summed E-state index contributed by atoms with van der Waals surface area (Å²) in [7, 11) is 4.13. The van der Waals surface area contributed by atoms with Crippen molar-refractivity contribution in [3.8, 4) is 0 Å². The molecule has 0 radical (unpaired) electrons. The normalized spacial score (nSPS) is 13.4. The number of esters is 2. The maximum Gasteiger partial charge on any atom is 0.356 e. The number of nitrogens with one attached hydrogen (secondary N) is 1. The van der Waals surface area contributed by atoms with Crippen LogP contribution in [0, 0.1) is 0 Å². The Bertz CT molecular complexity index is 846. The smallest absolute Gasteiger partial charge is 0.356 e. The molecule has 0 bridgehead atoms. The summed E-state index contributed by atoms with van der Waals surface area (Å²) in [5.41, 5.74) is 4.27. The predicted molar refractivity (Wildman–Crippen MR) is 82.0 cm³/mol. The summed E-state index contributed by atoms with van der Waals surface area (Å²) < 4.78 is 9.51. The number of rotatable bonds is 2. The highest BCUT2D eigenvalue weighted by Gasteiger charge is 2.34. The number of fused-ring (bicyclic) bond motifs is 2. The number of nitrogens with zero attached hydrogens (tertiary/aromatic N) is 3. The highest BCUT2D eigenvalue weighted by Crippen LogP contribution is 2.31. The molecule has 0 fully saturated rings. The first-order valence-corrected chi connectivity index (χ1v) is 6.75. The van der Waals surface area contributed by atoms with E-state index in [9.17, 15) is 9.59 Å². The van der Waals surface area contributed by atoms with Crippen LogP contribution in [-0.2, 0) is 19.1 Å². The van der Waals surface area contributed by atoms with Gasteiger partial charge in [-0.3, -0.25) is 10.4 Å². The molecule has 1 aliphatic rings. The second-order valence-electron chi connectivity index (χ2n) is 4.79.